The van der Waals surface area contributed by atoms with Crippen LogP contribution >= 0.6 is 0 Å². The van der Waals surface area contributed by atoms with Gasteiger partial charge in [-0.2, -0.15) is 8.42 Å². The number of likely N-dealkylation sites (N-methyl/N-ethyl adjacent to an activating group) is 1. The molecule has 4 radical (unpaired) electrons. The summed E-state index contributed by atoms with van der Waals surface area (Å²) in [5, 5.41) is 1.05. The number of sulfonamides is 1. The van der Waals surface area contributed by atoms with Gasteiger partial charge in [0.1, 0.15) is 5.75 Å². The molecule has 2 rings (SSSR count). The number of benzene rings is 1. The maximum atomic E-state index is 12.3. The number of aromatic nitrogens is 1. The number of aryl methyl sites for hydroxylation is 1. The van der Waals surface area contributed by atoms with Gasteiger partial charge in [-0.3, -0.25) is 0 Å². The molecule has 0 unspecified atom stereocenters. The van der Waals surface area contributed by atoms with Crippen molar-refractivity contribution < 1.29 is 16.8 Å². The molecule has 0 bridgehead atoms. The van der Waals surface area contributed by atoms with Gasteiger partial charge in [-0.1, -0.05) is 6.07 Å². The first-order valence-electron chi connectivity index (χ1n) is 7.87. The highest BCUT2D eigenvalue weighted by Crippen LogP contribution is 2.26. The predicted octanol–water partition coefficient (Wildman–Crippen LogP) is 2.34. The number of hydrogen-bond acceptors (Lipinski definition) is 2. The van der Waals surface area contributed by atoms with Crippen LogP contribution in [-0.2, 0) is 22.2 Å². The average Bonchev–Trinajstić information content (AvgIpc) is 2.69. The molecule has 5 nitrogen and oxygen atoms in total. The van der Waals surface area contributed by atoms with Gasteiger partial charge in [-0.15, -0.1) is 0 Å². The number of rotatable bonds is 6. The molecule has 2 aromatic rings. The molecule has 130 valence electrons. The number of fused-ring (bicyclic) bond motifs is 1. The Morgan fingerprint density at radius 3 is 2.29 bits per heavy atom. The van der Waals surface area contributed by atoms with Crippen molar-refractivity contribution in [3.63, 3.8) is 0 Å². The van der Waals surface area contributed by atoms with Gasteiger partial charge in [0.25, 0.3) is 0 Å². The highest BCUT2D eigenvalue weighted by atomic mass is 32.2. The van der Waals surface area contributed by atoms with Crippen molar-refractivity contribution in [2.75, 3.05) is 34.7 Å². The van der Waals surface area contributed by atoms with E-state index in [1.807, 2.05) is 39.2 Å². The Bertz CT molecular complexity index is 837. The van der Waals surface area contributed by atoms with Gasteiger partial charge in [-0.25, -0.2) is 3.89 Å². The van der Waals surface area contributed by atoms with Gasteiger partial charge in [0.2, 0.25) is 14.1 Å². The Kier molecular flexibility index (Phi) is 4.87. The fourth-order valence-corrected chi connectivity index (χ4v) is 3.55. The lowest BCUT2D eigenvalue weighted by atomic mass is 10.1. The fourth-order valence-electron chi connectivity index (χ4n) is 2.62. The zero-order valence-corrected chi connectivity index (χ0v) is 15.9. The molecule has 6 heteroatoms. The van der Waals surface area contributed by atoms with E-state index in [-0.39, 0.29) is 5.75 Å². The first-order valence-corrected chi connectivity index (χ1v) is 9.48. The molecule has 0 aliphatic heterocycles. The van der Waals surface area contributed by atoms with E-state index in [9.17, 15) is 8.42 Å². The zero-order chi connectivity index (χ0) is 18.3. The molecule has 0 saturated carbocycles. The molecule has 0 fully saturated rings. The summed E-state index contributed by atoms with van der Waals surface area (Å²) < 4.78 is 24.5. The maximum Gasteiger partial charge on any atom is 0.301 e. The zero-order valence-electron chi connectivity index (χ0n) is 15.1. The second kappa shape index (κ2) is 6.17. The van der Waals surface area contributed by atoms with E-state index in [1.54, 1.807) is 0 Å². The van der Waals surface area contributed by atoms with Crippen LogP contribution in [-0.4, -0.2) is 56.5 Å². The molecule has 0 aliphatic rings. The third kappa shape index (κ3) is 4.18. The van der Waals surface area contributed by atoms with Crippen molar-refractivity contribution in [1.29, 1.82) is 0 Å². The van der Waals surface area contributed by atoms with E-state index in [0.717, 1.165) is 35.1 Å². The number of H-pyrrole nitrogens is 1. The van der Waals surface area contributed by atoms with Crippen LogP contribution in [0.2, 0.25) is 0 Å². The molecule has 0 atom stereocenters. The normalized spacial score (nSPS) is 13.6. The van der Waals surface area contributed by atoms with Crippen LogP contribution in [0.4, 0.5) is 0 Å². The standard InChI is InChI=1S/C18H27N3O2S/c1-14-16(10-11-20(2,3)4)17-12-15(8-9-18(17)19-14)13-24(22,23)21(5,6)7/h2,5,8-9,12,19H,10-11,13H2,1,3-4,6-7H3/q+2. The predicted molar refractivity (Wildman–Crippen MR) is 97.0 cm³/mol. The number of aromatic amines is 1. The maximum absolute atomic E-state index is 12.3. The quantitative estimate of drug-likeness (QED) is 0.814. The third-order valence-electron chi connectivity index (χ3n) is 4.19. The Hall–Kier alpha value is -1.37. The van der Waals surface area contributed by atoms with Crippen molar-refractivity contribution in [3.05, 3.63) is 49.1 Å². The summed E-state index contributed by atoms with van der Waals surface area (Å²) in [6, 6.07) is 5.70. The van der Waals surface area contributed by atoms with Gasteiger partial charge in [0.15, 0.2) is 0 Å². The molecule has 1 aromatic heterocycles. The summed E-state index contributed by atoms with van der Waals surface area (Å²) in [7, 11) is 15.1. The third-order valence-corrected chi connectivity index (χ3v) is 6.32. The lowest BCUT2D eigenvalue weighted by molar-refractivity contribution is -0.845. The van der Waals surface area contributed by atoms with Gasteiger partial charge >= 0.3 is 10.0 Å². The number of nitrogens with zero attached hydrogens (tertiary/aromatic N) is 2. The second-order valence-electron chi connectivity index (χ2n) is 7.52. The second-order valence-corrected chi connectivity index (χ2v) is 9.91. The van der Waals surface area contributed by atoms with E-state index in [4.69, 9.17) is 14.1 Å². The van der Waals surface area contributed by atoms with Crippen LogP contribution in [0.3, 0.4) is 0 Å². The highest BCUT2D eigenvalue weighted by molar-refractivity contribution is 7.85. The summed E-state index contributed by atoms with van der Waals surface area (Å²) >= 11 is 0. The Labute approximate surface area is 146 Å². The SMILES string of the molecule is [CH][N+](C)(C)CCc1c(C)[nH]c2ccc(CS(=O)(=O)[N+]([CH])(C)C)cc12. The molecule has 0 amide bonds. The summed E-state index contributed by atoms with van der Waals surface area (Å²) in [6.07, 6.45) is 0.823. The monoisotopic (exact) mass is 349 g/mol. The molecule has 1 heterocycles. The highest BCUT2D eigenvalue weighted by Gasteiger charge is 2.29. The molecular weight excluding hydrogens is 322 g/mol. The van der Waals surface area contributed by atoms with Crippen molar-refractivity contribution in [3.8, 4) is 0 Å². The largest absolute Gasteiger partial charge is 0.358 e. The Morgan fingerprint density at radius 1 is 1.12 bits per heavy atom. The van der Waals surface area contributed by atoms with E-state index >= 15 is 0 Å². The van der Waals surface area contributed by atoms with Crippen LogP contribution in [0.15, 0.2) is 18.2 Å². The lowest BCUT2D eigenvalue weighted by Crippen LogP contribution is -2.39. The fraction of sp³-hybridized carbons (Fsp3) is 0.444. The molecule has 0 spiro atoms. The van der Waals surface area contributed by atoms with E-state index < -0.39 is 13.9 Å². The van der Waals surface area contributed by atoms with E-state index in [1.165, 1.54) is 19.7 Å². The van der Waals surface area contributed by atoms with Gasteiger partial charge in [0.05, 0.1) is 34.7 Å². The summed E-state index contributed by atoms with van der Waals surface area (Å²) in [6.45, 7) is 2.82. The molecule has 0 aliphatic carbocycles. The number of hydrogen-bond donors (Lipinski definition) is 1. The van der Waals surface area contributed by atoms with Gasteiger partial charge < -0.3 is 9.47 Å². The summed E-state index contributed by atoms with van der Waals surface area (Å²) in [5.74, 6) is -0.0887. The Balaban J connectivity index is 2.39. The Morgan fingerprint density at radius 2 is 1.75 bits per heavy atom. The molecule has 1 aromatic carbocycles. The molecular formula is C18H27N3O2S+2. The van der Waals surface area contributed by atoms with Crippen molar-refractivity contribution >= 4 is 20.9 Å². The van der Waals surface area contributed by atoms with Crippen molar-refractivity contribution in [2.24, 2.45) is 0 Å². The van der Waals surface area contributed by atoms with Crippen LogP contribution in [0.1, 0.15) is 16.8 Å². The minimum atomic E-state index is -3.48. The van der Waals surface area contributed by atoms with Crippen LogP contribution < -0.4 is 0 Å². The number of nitrogens with one attached hydrogen (secondary N) is 1. The summed E-state index contributed by atoms with van der Waals surface area (Å²) in [4.78, 5) is 3.36. The molecule has 1 N–H and O–H groups in total. The van der Waals surface area contributed by atoms with Crippen LogP contribution in [0.25, 0.3) is 10.9 Å². The van der Waals surface area contributed by atoms with Crippen molar-refractivity contribution in [1.82, 2.24) is 4.98 Å². The first kappa shape index (κ1) is 19.0. The molecule has 0 saturated heterocycles. The van der Waals surface area contributed by atoms with Crippen LogP contribution in [0.5, 0.6) is 0 Å². The molecule has 24 heavy (non-hydrogen) atoms. The summed E-state index contributed by atoms with van der Waals surface area (Å²) in [5.41, 5.74) is 4.02. The lowest BCUT2D eigenvalue weighted by Gasteiger charge is -2.22. The van der Waals surface area contributed by atoms with E-state index in [0.29, 0.717) is 4.48 Å². The van der Waals surface area contributed by atoms with Gasteiger partial charge in [0, 0.05) is 23.0 Å². The average molecular weight is 350 g/mol. The van der Waals surface area contributed by atoms with E-state index in [2.05, 4.69) is 4.98 Å². The van der Waals surface area contributed by atoms with Crippen molar-refractivity contribution in [2.45, 2.75) is 19.1 Å². The van der Waals surface area contributed by atoms with Crippen LogP contribution in [0, 0.1) is 21.0 Å². The number of quaternary nitrogens is 2. The minimum Gasteiger partial charge on any atom is -0.358 e. The smallest absolute Gasteiger partial charge is 0.301 e. The van der Waals surface area contributed by atoms with Gasteiger partial charge in [-0.05, 0) is 30.2 Å². The topological polar surface area (TPSA) is 49.9 Å². The first-order chi connectivity index (χ1) is 10.8. The minimum absolute atomic E-state index is 0.0887.